The average Bonchev–Trinajstić information content (AvgIpc) is 2.15. The summed E-state index contributed by atoms with van der Waals surface area (Å²) in [6, 6.07) is 4.67. The van der Waals surface area contributed by atoms with Crippen LogP contribution in [-0.4, -0.2) is 26.2 Å². The van der Waals surface area contributed by atoms with Gasteiger partial charge >= 0.3 is 6.18 Å². The quantitative estimate of drug-likeness (QED) is 0.873. The van der Waals surface area contributed by atoms with Gasteiger partial charge in [-0.25, -0.2) is 13.1 Å². The molecular formula is C9H10F3NO3S. The fourth-order valence-corrected chi connectivity index (χ4v) is 2.13. The molecule has 1 rings (SSSR count). The van der Waals surface area contributed by atoms with Gasteiger partial charge in [0, 0.05) is 6.54 Å². The first-order valence-corrected chi connectivity index (χ1v) is 6.04. The molecule has 2 N–H and O–H groups in total. The number of rotatable bonds is 4. The van der Waals surface area contributed by atoms with Gasteiger partial charge in [-0.1, -0.05) is 6.07 Å². The van der Waals surface area contributed by atoms with E-state index in [1.54, 1.807) is 4.72 Å². The number of hydrogen-bond acceptors (Lipinski definition) is 3. The van der Waals surface area contributed by atoms with E-state index in [9.17, 15) is 21.6 Å². The maximum atomic E-state index is 11.8. The first kappa shape index (κ1) is 13.8. The fraction of sp³-hybridized carbons (Fsp3) is 0.333. The summed E-state index contributed by atoms with van der Waals surface area (Å²) in [6.45, 7) is -0.735. The van der Waals surface area contributed by atoms with Crippen LogP contribution in [0.3, 0.4) is 0 Å². The van der Waals surface area contributed by atoms with E-state index in [2.05, 4.69) is 0 Å². The van der Waals surface area contributed by atoms with Crippen LogP contribution in [0.1, 0.15) is 6.42 Å². The Morgan fingerprint density at radius 2 is 1.94 bits per heavy atom. The van der Waals surface area contributed by atoms with Crippen LogP contribution in [0.4, 0.5) is 13.2 Å². The van der Waals surface area contributed by atoms with Crippen LogP contribution in [-0.2, 0) is 10.0 Å². The van der Waals surface area contributed by atoms with Gasteiger partial charge in [0.25, 0.3) is 0 Å². The summed E-state index contributed by atoms with van der Waals surface area (Å²) in [4.78, 5) is -0.278. The summed E-state index contributed by atoms with van der Waals surface area (Å²) in [5, 5.41) is 9.06. The van der Waals surface area contributed by atoms with Gasteiger partial charge in [-0.15, -0.1) is 0 Å². The van der Waals surface area contributed by atoms with Gasteiger partial charge in [0.2, 0.25) is 10.0 Å². The standard InChI is InChI=1S/C9H10F3NO3S/c10-9(11,12)4-5-13-17(15,16)8-3-1-2-7(14)6-8/h1-3,6,13-14H,4-5H2. The lowest BCUT2D eigenvalue weighted by Crippen LogP contribution is -2.28. The monoisotopic (exact) mass is 269 g/mol. The Hall–Kier alpha value is -1.28. The molecule has 17 heavy (non-hydrogen) atoms. The van der Waals surface area contributed by atoms with Gasteiger partial charge in [0.05, 0.1) is 11.3 Å². The Balaban J connectivity index is 2.70. The van der Waals surface area contributed by atoms with E-state index in [4.69, 9.17) is 5.11 Å². The Morgan fingerprint density at radius 3 is 2.47 bits per heavy atom. The fourth-order valence-electron chi connectivity index (χ4n) is 1.06. The van der Waals surface area contributed by atoms with Crippen molar-refractivity contribution in [1.29, 1.82) is 0 Å². The minimum atomic E-state index is -4.42. The van der Waals surface area contributed by atoms with Gasteiger partial charge in [0.1, 0.15) is 5.75 Å². The minimum Gasteiger partial charge on any atom is -0.508 e. The second kappa shape index (κ2) is 4.92. The molecule has 0 bridgehead atoms. The maximum absolute atomic E-state index is 11.8. The number of halogens is 3. The highest BCUT2D eigenvalue weighted by Crippen LogP contribution is 2.19. The molecule has 0 aromatic heterocycles. The predicted molar refractivity (Wildman–Crippen MR) is 54.0 cm³/mol. The molecule has 1 aromatic rings. The molecular weight excluding hydrogens is 259 g/mol. The number of alkyl halides is 3. The van der Waals surface area contributed by atoms with Crippen LogP contribution >= 0.6 is 0 Å². The van der Waals surface area contributed by atoms with Gasteiger partial charge in [0.15, 0.2) is 0 Å². The van der Waals surface area contributed by atoms with Crippen molar-refractivity contribution in [3.8, 4) is 5.75 Å². The third-order valence-corrected chi connectivity index (χ3v) is 3.29. The minimum absolute atomic E-state index is 0.274. The number of phenolic OH excluding ortho intramolecular Hbond substituents is 1. The normalized spacial score (nSPS) is 12.6. The molecule has 0 aliphatic rings. The Kier molecular flexibility index (Phi) is 3.99. The highest BCUT2D eigenvalue weighted by molar-refractivity contribution is 7.89. The van der Waals surface area contributed by atoms with Crippen molar-refractivity contribution in [2.75, 3.05) is 6.54 Å². The number of nitrogens with one attached hydrogen (secondary N) is 1. The highest BCUT2D eigenvalue weighted by Gasteiger charge is 2.27. The van der Waals surface area contributed by atoms with Crippen LogP contribution in [0.5, 0.6) is 5.75 Å². The smallest absolute Gasteiger partial charge is 0.390 e. The Labute approximate surface area is 96.1 Å². The molecule has 96 valence electrons. The van der Waals surface area contributed by atoms with Crippen LogP contribution in [0, 0.1) is 0 Å². The molecule has 0 aliphatic heterocycles. The molecule has 0 spiro atoms. The van der Waals surface area contributed by atoms with Gasteiger partial charge in [-0.2, -0.15) is 13.2 Å². The molecule has 0 aliphatic carbocycles. The lowest BCUT2D eigenvalue weighted by atomic mass is 10.3. The van der Waals surface area contributed by atoms with Crippen molar-refractivity contribution in [3.63, 3.8) is 0 Å². The van der Waals surface area contributed by atoms with Crippen LogP contribution in [0.25, 0.3) is 0 Å². The van der Waals surface area contributed by atoms with E-state index in [0.717, 1.165) is 6.07 Å². The summed E-state index contributed by atoms with van der Waals surface area (Å²) in [7, 11) is -4.02. The zero-order valence-corrected chi connectivity index (χ0v) is 9.35. The Morgan fingerprint density at radius 1 is 1.29 bits per heavy atom. The summed E-state index contributed by atoms with van der Waals surface area (Å²) in [5.74, 6) is -0.274. The van der Waals surface area contributed by atoms with E-state index >= 15 is 0 Å². The van der Waals surface area contributed by atoms with Crippen molar-refractivity contribution >= 4 is 10.0 Å². The number of sulfonamides is 1. The molecule has 1 aromatic carbocycles. The molecule has 0 atom stereocenters. The highest BCUT2D eigenvalue weighted by atomic mass is 32.2. The summed E-state index contributed by atoms with van der Waals surface area (Å²) in [6.07, 6.45) is -5.66. The van der Waals surface area contributed by atoms with Crippen molar-refractivity contribution in [2.24, 2.45) is 0 Å². The van der Waals surface area contributed by atoms with Crippen LogP contribution in [0.2, 0.25) is 0 Å². The molecule has 0 saturated carbocycles. The van der Waals surface area contributed by atoms with E-state index < -0.39 is 29.2 Å². The van der Waals surface area contributed by atoms with Gasteiger partial charge in [-0.05, 0) is 18.2 Å². The van der Waals surface area contributed by atoms with Gasteiger partial charge < -0.3 is 5.11 Å². The average molecular weight is 269 g/mol. The van der Waals surface area contributed by atoms with Crippen molar-refractivity contribution in [1.82, 2.24) is 4.72 Å². The molecule has 4 nitrogen and oxygen atoms in total. The van der Waals surface area contributed by atoms with Crippen molar-refractivity contribution in [2.45, 2.75) is 17.5 Å². The second-order valence-corrected chi connectivity index (χ2v) is 5.03. The lowest BCUT2D eigenvalue weighted by Gasteiger charge is -2.08. The summed E-state index contributed by atoms with van der Waals surface area (Å²) < 4.78 is 60.2. The molecule has 8 heteroatoms. The summed E-state index contributed by atoms with van der Waals surface area (Å²) in [5.41, 5.74) is 0. The third-order valence-electron chi connectivity index (χ3n) is 1.83. The number of hydrogen-bond donors (Lipinski definition) is 2. The van der Waals surface area contributed by atoms with Gasteiger partial charge in [-0.3, -0.25) is 0 Å². The number of aromatic hydroxyl groups is 1. The zero-order chi connectivity index (χ0) is 13.1. The van der Waals surface area contributed by atoms with Crippen molar-refractivity contribution < 1.29 is 26.7 Å². The zero-order valence-electron chi connectivity index (χ0n) is 8.53. The van der Waals surface area contributed by atoms with E-state index in [-0.39, 0.29) is 10.6 Å². The van der Waals surface area contributed by atoms with Crippen LogP contribution < -0.4 is 4.72 Å². The van der Waals surface area contributed by atoms with E-state index in [0.29, 0.717) is 0 Å². The van der Waals surface area contributed by atoms with Crippen molar-refractivity contribution in [3.05, 3.63) is 24.3 Å². The molecule has 0 heterocycles. The first-order valence-electron chi connectivity index (χ1n) is 4.56. The summed E-state index contributed by atoms with van der Waals surface area (Å²) >= 11 is 0. The lowest BCUT2D eigenvalue weighted by molar-refractivity contribution is -0.132. The molecule has 0 amide bonds. The van der Waals surface area contributed by atoms with E-state index in [1.165, 1.54) is 18.2 Å². The Bertz CT molecular complexity index is 485. The third kappa shape index (κ3) is 4.61. The number of benzene rings is 1. The molecule has 0 radical (unpaired) electrons. The largest absolute Gasteiger partial charge is 0.508 e. The molecule has 0 unspecified atom stereocenters. The topological polar surface area (TPSA) is 66.4 Å². The number of phenols is 1. The first-order chi connectivity index (χ1) is 7.71. The maximum Gasteiger partial charge on any atom is 0.390 e. The predicted octanol–water partition coefficient (Wildman–Crippen LogP) is 1.62. The molecule has 0 fully saturated rings. The van der Waals surface area contributed by atoms with Crippen LogP contribution in [0.15, 0.2) is 29.2 Å². The van der Waals surface area contributed by atoms with E-state index in [1.807, 2.05) is 0 Å². The second-order valence-electron chi connectivity index (χ2n) is 3.26. The molecule has 0 saturated heterocycles. The SMILES string of the molecule is O=S(=O)(NCCC(F)(F)F)c1cccc(O)c1.